The number of amides is 2. The molecule has 0 fully saturated rings. The molecule has 5 nitrogen and oxygen atoms in total. The Morgan fingerprint density at radius 3 is 2.25 bits per heavy atom. The summed E-state index contributed by atoms with van der Waals surface area (Å²) in [4.78, 5) is 27.9. The number of benzene rings is 2. The van der Waals surface area contributed by atoms with Crippen molar-refractivity contribution >= 4 is 27.7 Å². The van der Waals surface area contributed by atoms with E-state index in [-0.39, 0.29) is 24.5 Å². The van der Waals surface area contributed by atoms with Crippen LogP contribution in [0.15, 0.2) is 46.9 Å². The van der Waals surface area contributed by atoms with Gasteiger partial charge < -0.3 is 15.0 Å². The minimum absolute atomic E-state index is 0.0529. The number of hydrogen-bond acceptors (Lipinski definition) is 3. The van der Waals surface area contributed by atoms with Crippen LogP contribution in [0.4, 0.5) is 0 Å². The van der Waals surface area contributed by atoms with Crippen LogP contribution in [0.3, 0.4) is 0 Å². The zero-order valence-electron chi connectivity index (χ0n) is 19.8. The third kappa shape index (κ3) is 7.37. The van der Waals surface area contributed by atoms with Gasteiger partial charge in [-0.3, -0.25) is 9.59 Å². The van der Waals surface area contributed by atoms with Crippen LogP contribution in [0.1, 0.15) is 57.2 Å². The highest BCUT2D eigenvalue weighted by Crippen LogP contribution is 2.26. The van der Waals surface area contributed by atoms with Gasteiger partial charge in [0.1, 0.15) is 11.8 Å². The molecule has 0 saturated heterocycles. The monoisotopic (exact) mass is 502 g/mol. The van der Waals surface area contributed by atoms with Gasteiger partial charge in [-0.15, -0.1) is 0 Å². The van der Waals surface area contributed by atoms with Gasteiger partial charge in [-0.25, -0.2) is 0 Å². The van der Waals surface area contributed by atoms with E-state index >= 15 is 0 Å². The molecule has 2 amide bonds. The first-order chi connectivity index (χ1) is 15.3. The Kier molecular flexibility index (Phi) is 10.2. The number of halogens is 1. The molecule has 0 heterocycles. The molecular weight excluding hydrogens is 468 g/mol. The maximum Gasteiger partial charge on any atom is 0.261 e. The van der Waals surface area contributed by atoms with Gasteiger partial charge in [0.2, 0.25) is 5.91 Å². The third-order valence-corrected chi connectivity index (χ3v) is 6.24. The molecule has 2 aromatic carbocycles. The summed E-state index contributed by atoms with van der Waals surface area (Å²) in [6, 6.07) is 13.4. The molecule has 0 unspecified atom stereocenters. The molecule has 0 spiro atoms. The Bertz CT molecular complexity index is 898. The molecule has 2 rings (SSSR count). The molecule has 0 aliphatic carbocycles. The van der Waals surface area contributed by atoms with Gasteiger partial charge in [-0.2, -0.15) is 0 Å². The molecule has 2 aromatic rings. The van der Waals surface area contributed by atoms with Gasteiger partial charge in [-0.1, -0.05) is 56.7 Å². The summed E-state index contributed by atoms with van der Waals surface area (Å²) in [5.74, 6) is 0.266. The average molecular weight is 503 g/mol. The summed E-state index contributed by atoms with van der Waals surface area (Å²) in [6.45, 7) is 10.2. The standard InChI is InChI=1S/C26H35BrN2O3/c1-6-19(5)28-26(31)23(8-3)29(16-21-11-9-18(4)10-12-21)25(30)17-32-24-14-13-20(7-2)15-22(24)27/h9-15,19,23H,6-8,16-17H2,1-5H3,(H,28,31)/t19-,23-/m0/s1. The molecule has 32 heavy (non-hydrogen) atoms. The molecule has 0 saturated carbocycles. The van der Waals surface area contributed by atoms with Crippen LogP contribution in [0.25, 0.3) is 0 Å². The lowest BCUT2D eigenvalue weighted by atomic mass is 10.1. The fourth-order valence-electron chi connectivity index (χ4n) is 3.35. The predicted octanol–water partition coefficient (Wildman–Crippen LogP) is 5.42. The fourth-order valence-corrected chi connectivity index (χ4v) is 3.90. The van der Waals surface area contributed by atoms with E-state index in [1.54, 1.807) is 4.90 Å². The summed E-state index contributed by atoms with van der Waals surface area (Å²) < 4.78 is 6.66. The molecule has 2 atom stereocenters. The minimum Gasteiger partial charge on any atom is -0.483 e. The van der Waals surface area contributed by atoms with E-state index in [1.165, 1.54) is 5.56 Å². The number of carbonyl (C=O) groups excluding carboxylic acids is 2. The van der Waals surface area contributed by atoms with Crippen LogP contribution in [0, 0.1) is 6.92 Å². The maximum atomic E-state index is 13.3. The molecule has 0 aliphatic heterocycles. The summed E-state index contributed by atoms with van der Waals surface area (Å²) in [6.07, 6.45) is 2.28. The Hall–Kier alpha value is -2.34. The molecule has 0 aliphatic rings. The van der Waals surface area contributed by atoms with Crippen LogP contribution in [-0.2, 0) is 22.6 Å². The molecular formula is C26H35BrN2O3. The Morgan fingerprint density at radius 2 is 1.69 bits per heavy atom. The summed E-state index contributed by atoms with van der Waals surface area (Å²) in [5, 5.41) is 3.03. The van der Waals surface area contributed by atoms with Crippen molar-refractivity contribution in [2.24, 2.45) is 0 Å². The lowest BCUT2D eigenvalue weighted by molar-refractivity contribution is -0.143. The Balaban J connectivity index is 2.22. The first-order valence-corrected chi connectivity index (χ1v) is 12.1. The van der Waals surface area contributed by atoms with Crippen molar-refractivity contribution in [1.29, 1.82) is 0 Å². The topological polar surface area (TPSA) is 58.6 Å². The van der Waals surface area contributed by atoms with Crippen molar-refractivity contribution in [2.45, 2.75) is 72.5 Å². The van der Waals surface area contributed by atoms with Gasteiger partial charge in [0.05, 0.1) is 4.47 Å². The second kappa shape index (κ2) is 12.6. The largest absolute Gasteiger partial charge is 0.483 e. The Labute approximate surface area is 200 Å². The first kappa shape index (κ1) is 25.9. The number of aryl methyl sites for hydroxylation is 2. The average Bonchev–Trinajstić information content (AvgIpc) is 2.78. The summed E-state index contributed by atoms with van der Waals surface area (Å²) in [7, 11) is 0. The van der Waals surface area contributed by atoms with Gasteiger partial charge in [0.15, 0.2) is 6.61 Å². The van der Waals surface area contributed by atoms with E-state index < -0.39 is 6.04 Å². The van der Waals surface area contributed by atoms with Gasteiger partial charge >= 0.3 is 0 Å². The van der Waals surface area contributed by atoms with Crippen molar-refractivity contribution in [2.75, 3.05) is 6.61 Å². The lowest BCUT2D eigenvalue weighted by Crippen LogP contribution is -2.51. The lowest BCUT2D eigenvalue weighted by Gasteiger charge is -2.31. The molecule has 0 aromatic heterocycles. The SMILES string of the molecule is CCc1ccc(OCC(=O)N(Cc2ccc(C)cc2)[C@@H](CC)C(=O)N[C@@H](C)CC)c(Br)c1. The van der Waals surface area contributed by atoms with Gasteiger partial charge in [-0.05, 0) is 72.3 Å². The maximum absolute atomic E-state index is 13.3. The zero-order chi connectivity index (χ0) is 23.7. The van der Waals surface area contributed by atoms with E-state index in [0.29, 0.717) is 18.7 Å². The quantitative estimate of drug-likeness (QED) is 0.446. The van der Waals surface area contributed by atoms with Gasteiger partial charge in [0, 0.05) is 12.6 Å². The van der Waals surface area contributed by atoms with E-state index in [2.05, 4.69) is 28.2 Å². The van der Waals surface area contributed by atoms with E-state index in [4.69, 9.17) is 4.74 Å². The third-order valence-electron chi connectivity index (χ3n) is 5.62. The second-order valence-corrected chi connectivity index (χ2v) is 9.01. The van der Waals surface area contributed by atoms with Crippen LogP contribution >= 0.6 is 15.9 Å². The Morgan fingerprint density at radius 1 is 1.03 bits per heavy atom. The highest BCUT2D eigenvalue weighted by molar-refractivity contribution is 9.10. The minimum atomic E-state index is -0.563. The normalized spacial score (nSPS) is 12.7. The van der Waals surface area contributed by atoms with Crippen molar-refractivity contribution in [3.8, 4) is 5.75 Å². The fraction of sp³-hybridized carbons (Fsp3) is 0.462. The predicted molar refractivity (Wildman–Crippen MR) is 133 cm³/mol. The first-order valence-electron chi connectivity index (χ1n) is 11.4. The molecule has 0 radical (unpaired) electrons. The van der Waals surface area contributed by atoms with Gasteiger partial charge in [0.25, 0.3) is 5.91 Å². The number of ether oxygens (including phenoxy) is 1. The number of hydrogen-bond donors (Lipinski definition) is 1. The molecule has 1 N–H and O–H groups in total. The number of nitrogens with zero attached hydrogens (tertiary/aromatic N) is 1. The van der Waals surface area contributed by atoms with Crippen LogP contribution < -0.4 is 10.1 Å². The summed E-state index contributed by atoms with van der Waals surface area (Å²) >= 11 is 3.52. The van der Waals surface area contributed by atoms with Crippen molar-refractivity contribution in [3.05, 3.63) is 63.6 Å². The highest BCUT2D eigenvalue weighted by atomic mass is 79.9. The van der Waals surface area contributed by atoms with E-state index in [1.807, 2.05) is 70.2 Å². The van der Waals surface area contributed by atoms with Crippen molar-refractivity contribution in [1.82, 2.24) is 10.2 Å². The van der Waals surface area contributed by atoms with Crippen LogP contribution in [0.5, 0.6) is 5.75 Å². The molecule has 0 bridgehead atoms. The number of carbonyl (C=O) groups is 2. The zero-order valence-corrected chi connectivity index (χ0v) is 21.4. The van der Waals surface area contributed by atoms with Crippen molar-refractivity contribution in [3.63, 3.8) is 0 Å². The smallest absolute Gasteiger partial charge is 0.261 e. The van der Waals surface area contributed by atoms with Crippen molar-refractivity contribution < 1.29 is 14.3 Å². The molecule has 174 valence electrons. The van der Waals surface area contributed by atoms with E-state index in [0.717, 1.165) is 28.4 Å². The number of nitrogens with one attached hydrogen (secondary N) is 1. The number of rotatable bonds is 11. The highest BCUT2D eigenvalue weighted by Gasteiger charge is 2.29. The second-order valence-electron chi connectivity index (χ2n) is 8.16. The van der Waals surface area contributed by atoms with Crippen LogP contribution in [-0.4, -0.2) is 35.4 Å². The summed E-state index contributed by atoms with van der Waals surface area (Å²) in [5.41, 5.74) is 3.31. The van der Waals surface area contributed by atoms with Crippen LogP contribution in [0.2, 0.25) is 0 Å². The molecule has 6 heteroatoms. The van der Waals surface area contributed by atoms with E-state index in [9.17, 15) is 9.59 Å².